The number of aryl methyl sites for hydroxylation is 2. The molecule has 1 aromatic heterocycles. The van der Waals surface area contributed by atoms with Gasteiger partial charge in [-0.1, -0.05) is 42.5 Å². The molecule has 1 aliphatic rings. The van der Waals surface area contributed by atoms with E-state index in [1.807, 2.05) is 35.9 Å². The average Bonchev–Trinajstić information content (AvgIpc) is 2.77. The first-order valence-corrected chi connectivity index (χ1v) is 10.8. The van der Waals surface area contributed by atoms with Crippen LogP contribution in [0, 0.1) is 0 Å². The fourth-order valence-corrected chi connectivity index (χ4v) is 4.39. The summed E-state index contributed by atoms with van der Waals surface area (Å²) in [6, 6.07) is 18.0. The number of nitrogens with zero attached hydrogens (tertiary/aromatic N) is 2. The van der Waals surface area contributed by atoms with Gasteiger partial charge < -0.3 is 14.8 Å². The number of benzene rings is 2. The lowest BCUT2D eigenvalue weighted by molar-refractivity contribution is 0.0901. The zero-order valence-electron chi connectivity index (χ0n) is 17.5. The summed E-state index contributed by atoms with van der Waals surface area (Å²) in [5.74, 6) is -0.266. The summed E-state index contributed by atoms with van der Waals surface area (Å²) in [6.45, 7) is 2.94. The molecule has 0 unspecified atom stereocenters. The third-order valence-corrected chi connectivity index (χ3v) is 5.96. The quantitative estimate of drug-likeness (QED) is 0.687. The smallest absolute Gasteiger partial charge is 0.257 e. The van der Waals surface area contributed by atoms with Crippen LogP contribution >= 0.6 is 0 Å². The van der Waals surface area contributed by atoms with E-state index in [-0.39, 0.29) is 22.9 Å². The highest BCUT2D eigenvalue weighted by Crippen LogP contribution is 2.14. The van der Waals surface area contributed by atoms with Crippen LogP contribution in [0.5, 0.6) is 0 Å². The van der Waals surface area contributed by atoms with Gasteiger partial charge in [-0.05, 0) is 56.5 Å². The van der Waals surface area contributed by atoms with Crippen LogP contribution in [-0.2, 0) is 13.5 Å². The van der Waals surface area contributed by atoms with Gasteiger partial charge in [-0.25, -0.2) is 0 Å². The molecule has 5 nitrogen and oxygen atoms in total. The molecule has 30 heavy (non-hydrogen) atoms. The summed E-state index contributed by atoms with van der Waals surface area (Å²) < 4.78 is 1.85. The number of carbonyl (C=O) groups is 1. The van der Waals surface area contributed by atoms with Gasteiger partial charge >= 0.3 is 0 Å². The van der Waals surface area contributed by atoms with Crippen LogP contribution in [0.25, 0.3) is 10.9 Å². The summed E-state index contributed by atoms with van der Waals surface area (Å²) in [5.41, 5.74) is 2.22. The SMILES string of the molecule is Cn1cc(C(=O)N[C@H]2CCCN(CCCc3ccccc3)C2)c(=O)c2ccccc21. The Morgan fingerprint density at radius 3 is 2.70 bits per heavy atom. The Hall–Kier alpha value is -2.92. The molecule has 0 radical (unpaired) electrons. The molecule has 5 heteroatoms. The van der Waals surface area contributed by atoms with Crippen molar-refractivity contribution >= 4 is 16.8 Å². The third kappa shape index (κ3) is 4.62. The minimum Gasteiger partial charge on any atom is -0.350 e. The maximum atomic E-state index is 12.9. The number of carbonyl (C=O) groups excluding carboxylic acids is 1. The Morgan fingerprint density at radius 1 is 1.10 bits per heavy atom. The van der Waals surface area contributed by atoms with Gasteiger partial charge in [0.05, 0.1) is 5.52 Å². The number of hydrogen-bond acceptors (Lipinski definition) is 3. The normalized spacial score (nSPS) is 17.2. The third-order valence-electron chi connectivity index (χ3n) is 5.96. The van der Waals surface area contributed by atoms with Crippen LogP contribution < -0.4 is 10.7 Å². The van der Waals surface area contributed by atoms with Gasteiger partial charge in [0.2, 0.25) is 5.43 Å². The standard InChI is InChI=1S/C25H29N3O2/c1-27-18-22(24(29)21-13-5-6-14-23(21)27)25(30)26-20-12-8-16-28(17-20)15-7-11-19-9-3-2-4-10-19/h2-6,9-10,13-14,18,20H,7-8,11-12,15-17H2,1H3,(H,26,30)/t20-/m0/s1. The Bertz CT molecular complexity index is 1070. The Balaban J connectivity index is 1.37. The van der Waals surface area contributed by atoms with Crippen molar-refractivity contribution in [2.75, 3.05) is 19.6 Å². The van der Waals surface area contributed by atoms with E-state index in [2.05, 4.69) is 34.5 Å². The molecule has 1 N–H and O–H groups in total. The van der Waals surface area contributed by atoms with E-state index in [0.717, 1.165) is 50.8 Å². The second kappa shape index (κ2) is 9.26. The maximum Gasteiger partial charge on any atom is 0.257 e. The fraction of sp³-hybridized carbons (Fsp3) is 0.360. The van der Waals surface area contributed by atoms with Crippen molar-refractivity contribution in [3.63, 3.8) is 0 Å². The molecule has 1 amide bonds. The Morgan fingerprint density at radius 2 is 1.87 bits per heavy atom. The van der Waals surface area contributed by atoms with Crippen LogP contribution in [0.2, 0.25) is 0 Å². The predicted molar refractivity (Wildman–Crippen MR) is 121 cm³/mol. The van der Waals surface area contributed by atoms with Gasteiger partial charge in [0.25, 0.3) is 5.91 Å². The molecule has 0 spiro atoms. The number of fused-ring (bicyclic) bond motifs is 1. The number of nitrogens with one attached hydrogen (secondary N) is 1. The minimum absolute atomic E-state index is 0.0825. The molecule has 4 rings (SSSR count). The van der Waals surface area contributed by atoms with Crippen molar-refractivity contribution < 1.29 is 4.79 Å². The van der Waals surface area contributed by atoms with Crippen molar-refractivity contribution in [1.29, 1.82) is 0 Å². The number of aromatic nitrogens is 1. The molecule has 0 bridgehead atoms. The van der Waals surface area contributed by atoms with E-state index >= 15 is 0 Å². The van der Waals surface area contributed by atoms with Crippen LogP contribution in [0.15, 0.2) is 65.6 Å². The first kappa shape index (κ1) is 20.4. The summed E-state index contributed by atoms with van der Waals surface area (Å²) in [4.78, 5) is 28.1. The minimum atomic E-state index is -0.266. The summed E-state index contributed by atoms with van der Waals surface area (Å²) in [5, 5.41) is 3.69. The highest BCUT2D eigenvalue weighted by Gasteiger charge is 2.23. The van der Waals surface area contributed by atoms with E-state index in [1.54, 1.807) is 12.3 Å². The Labute approximate surface area is 177 Å². The Kier molecular flexibility index (Phi) is 6.29. The lowest BCUT2D eigenvalue weighted by atomic mass is 10.0. The van der Waals surface area contributed by atoms with Crippen LogP contribution in [0.1, 0.15) is 35.2 Å². The molecular formula is C25H29N3O2. The first-order chi connectivity index (χ1) is 14.6. The number of likely N-dealkylation sites (tertiary alicyclic amines) is 1. The maximum absolute atomic E-state index is 12.9. The predicted octanol–water partition coefficient (Wildman–Crippen LogP) is 3.37. The van der Waals surface area contributed by atoms with Crippen LogP contribution in [0.4, 0.5) is 0 Å². The van der Waals surface area contributed by atoms with Crippen LogP contribution in [0.3, 0.4) is 0 Å². The molecule has 156 valence electrons. The van der Waals surface area contributed by atoms with E-state index < -0.39 is 0 Å². The van der Waals surface area contributed by atoms with Gasteiger partial charge in [0.1, 0.15) is 5.56 Å². The molecule has 1 aliphatic heterocycles. The number of rotatable bonds is 6. The molecule has 0 saturated carbocycles. The highest BCUT2D eigenvalue weighted by atomic mass is 16.2. The van der Waals surface area contributed by atoms with Crippen molar-refractivity contribution in [3.8, 4) is 0 Å². The fourth-order valence-electron chi connectivity index (χ4n) is 4.39. The van der Waals surface area contributed by atoms with Crippen LogP contribution in [-0.4, -0.2) is 41.1 Å². The van der Waals surface area contributed by atoms with Gasteiger partial charge in [-0.2, -0.15) is 0 Å². The van der Waals surface area contributed by atoms with Gasteiger partial charge in [0.15, 0.2) is 0 Å². The summed E-state index contributed by atoms with van der Waals surface area (Å²) in [6.07, 6.45) is 5.85. The van der Waals surface area contributed by atoms with Crippen molar-refractivity contribution in [2.45, 2.75) is 31.7 Å². The molecule has 2 aromatic carbocycles. The monoisotopic (exact) mass is 403 g/mol. The van der Waals surface area contributed by atoms with Crippen molar-refractivity contribution in [2.24, 2.45) is 7.05 Å². The summed E-state index contributed by atoms with van der Waals surface area (Å²) in [7, 11) is 1.87. The highest BCUT2D eigenvalue weighted by molar-refractivity contribution is 5.97. The van der Waals surface area contributed by atoms with Gasteiger partial charge in [0, 0.05) is 31.2 Å². The van der Waals surface area contributed by atoms with Gasteiger partial charge in [-0.3, -0.25) is 9.59 Å². The number of hydrogen-bond donors (Lipinski definition) is 1. The van der Waals surface area contributed by atoms with Crippen molar-refractivity contribution in [3.05, 3.63) is 82.1 Å². The number of pyridine rings is 1. The summed E-state index contributed by atoms with van der Waals surface area (Å²) >= 11 is 0. The zero-order chi connectivity index (χ0) is 20.9. The zero-order valence-corrected chi connectivity index (χ0v) is 17.5. The topological polar surface area (TPSA) is 54.3 Å². The van der Waals surface area contributed by atoms with Crippen molar-refractivity contribution in [1.82, 2.24) is 14.8 Å². The van der Waals surface area contributed by atoms with E-state index in [4.69, 9.17) is 0 Å². The van der Waals surface area contributed by atoms with Gasteiger partial charge in [-0.15, -0.1) is 0 Å². The number of piperidine rings is 1. The average molecular weight is 404 g/mol. The second-order valence-electron chi connectivity index (χ2n) is 8.20. The number of para-hydroxylation sites is 1. The second-order valence-corrected chi connectivity index (χ2v) is 8.20. The first-order valence-electron chi connectivity index (χ1n) is 10.8. The van der Waals surface area contributed by atoms with E-state index in [1.165, 1.54) is 5.56 Å². The lowest BCUT2D eigenvalue weighted by Crippen LogP contribution is -2.48. The van der Waals surface area contributed by atoms with E-state index in [9.17, 15) is 9.59 Å². The largest absolute Gasteiger partial charge is 0.350 e. The molecule has 1 fully saturated rings. The molecule has 1 atom stereocenters. The number of amides is 1. The lowest BCUT2D eigenvalue weighted by Gasteiger charge is -2.33. The molecular weight excluding hydrogens is 374 g/mol. The molecule has 0 aliphatic carbocycles. The molecule has 2 heterocycles. The molecule has 3 aromatic rings. The van der Waals surface area contributed by atoms with E-state index in [0.29, 0.717) is 5.39 Å². The molecule has 1 saturated heterocycles.